The molecular formula is C36H33N3O21S3. The first-order chi connectivity index (χ1) is 28.8. The lowest BCUT2D eigenvalue weighted by atomic mass is 10.0. The molecule has 4 rings (SSSR count). The van der Waals surface area contributed by atoms with Gasteiger partial charge in [0.25, 0.3) is 48.1 Å². The summed E-state index contributed by atoms with van der Waals surface area (Å²) in [7, 11) is -15.4. The number of benzene rings is 4. The van der Waals surface area contributed by atoms with Crippen LogP contribution in [0.2, 0.25) is 0 Å². The maximum atomic E-state index is 13.7. The minimum atomic E-state index is -5.13. The fraction of sp³-hybridized carbons (Fsp3) is 0.167. The van der Waals surface area contributed by atoms with Crippen LogP contribution in [-0.4, -0.2) is 120 Å². The summed E-state index contributed by atoms with van der Waals surface area (Å²) in [6.45, 7) is -0.187. The molecule has 0 aliphatic rings. The van der Waals surface area contributed by atoms with Crippen LogP contribution in [0.3, 0.4) is 0 Å². The summed E-state index contributed by atoms with van der Waals surface area (Å²) in [6.07, 6.45) is 0. The molecule has 63 heavy (non-hydrogen) atoms. The van der Waals surface area contributed by atoms with E-state index in [0.29, 0.717) is 51.1 Å². The molecule has 0 atom stereocenters. The van der Waals surface area contributed by atoms with Gasteiger partial charge in [-0.3, -0.25) is 57.1 Å². The van der Waals surface area contributed by atoms with Gasteiger partial charge in [-0.25, -0.2) is 0 Å². The minimum absolute atomic E-state index is 0.199. The number of carbonyl (C=O) groups excluding carboxylic acids is 6. The van der Waals surface area contributed by atoms with E-state index in [1.807, 2.05) is 0 Å². The van der Waals surface area contributed by atoms with E-state index < -0.39 is 151 Å². The number of hydrogen-bond donors (Lipinski definition) is 9. The highest BCUT2D eigenvalue weighted by Gasteiger charge is 2.31. The summed E-state index contributed by atoms with van der Waals surface area (Å²) in [4.78, 5) is 77.8. The molecule has 6 amide bonds. The zero-order chi connectivity index (χ0) is 47.8. The summed E-state index contributed by atoms with van der Waals surface area (Å²) in [5, 5.41) is 61.7. The molecule has 27 heteroatoms. The molecule has 0 aliphatic carbocycles. The summed E-state index contributed by atoms with van der Waals surface area (Å²) >= 11 is 0. The van der Waals surface area contributed by atoms with Gasteiger partial charge in [-0.05, 0) is 34.9 Å². The van der Waals surface area contributed by atoms with Gasteiger partial charge in [0.15, 0.2) is 34.5 Å². The van der Waals surface area contributed by atoms with Gasteiger partial charge < -0.3 is 30.6 Å². The Balaban J connectivity index is 1.92. The first-order valence-corrected chi connectivity index (χ1v) is 21.3. The highest BCUT2D eigenvalue weighted by molar-refractivity contribution is 7.86. The van der Waals surface area contributed by atoms with Crippen LogP contribution < -0.4 is 0 Å². The number of nitrogens with zero attached hydrogens (tertiary/aromatic N) is 3. The van der Waals surface area contributed by atoms with E-state index in [9.17, 15) is 98.3 Å². The molecule has 0 bridgehead atoms. The normalized spacial score (nSPS) is 11.7. The van der Waals surface area contributed by atoms with E-state index in [4.69, 9.17) is 0 Å². The molecule has 0 saturated heterocycles. The van der Waals surface area contributed by atoms with Gasteiger partial charge in [-0.2, -0.15) is 25.3 Å². The van der Waals surface area contributed by atoms with Gasteiger partial charge in [-0.1, -0.05) is 18.2 Å². The van der Waals surface area contributed by atoms with Crippen LogP contribution in [0.25, 0.3) is 0 Å². The van der Waals surface area contributed by atoms with Crippen molar-refractivity contribution in [2.75, 3.05) is 0 Å². The van der Waals surface area contributed by atoms with Crippen molar-refractivity contribution in [3.63, 3.8) is 0 Å². The standard InChI is InChI=1S/C36H33N3O21S3/c1-16(40)37(34(49)25-7-22(61(52,53)54)10-28(43)31(25)46)13-19-4-20(14-38(17(2)41)35(50)26-8-23(62(55,56)57)11-29(44)32(26)47)6-21(5-19)15-39(18(3)42)36(51)27-9-24(63(58,59)60)12-30(45)33(27)48/h4-12,43-48H,13-15H2,1-3H3,(H,52,53,54)(H,55,56,57)(H,58,59,60). The number of aromatic hydroxyl groups is 6. The smallest absolute Gasteiger partial charge is 0.294 e. The second-order valence-corrected chi connectivity index (χ2v) is 17.6. The van der Waals surface area contributed by atoms with E-state index in [1.165, 1.54) is 0 Å². The first-order valence-electron chi connectivity index (χ1n) is 17.0. The molecule has 0 aliphatic heterocycles. The molecule has 0 radical (unpaired) electrons. The first kappa shape index (κ1) is 48.5. The number of phenolic OH excluding ortho intramolecular Hbond substituents is 6. The molecule has 0 saturated carbocycles. The van der Waals surface area contributed by atoms with Crippen molar-refractivity contribution in [1.29, 1.82) is 0 Å². The second-order valence-electron chi connectivity index (χ2n) is 13.3. The third kappa shape index (κ3) is 10.8. The van der Waals surface area contributed by atoms with Gasteiger partial charge >= 0.3 is 0 Å². The average Bonchev–Trinajstić information content (AvgIpc) is 3.15. The molecular weight excluding hydrogens is 907 g/mol. The topological polar surface area (TPSA) is 397 Å². The predicted octanol–water partition coefficient (Wildman–Crippen LogP) is 1.23. The molecule has 0 aromatic heterocycles. The van der Waals surface area contributed by atoms with E-state index in [1.54, 1.807) is 0 Å². The summed E-state index contributed by atoms with van der Waals surface area (Å²) in [5.41, 5.74) is -3.68. The number of imide groups is 3. The van der Waals surface area contributed by atoms with Crippen LogP contribution in [0.1, 0.15) is 68.5 Å². The molecule has 336 valence electrons. The number of carbonyl (C=O) groups is 6. The fourth-order valence-electron chi connectivity index (χ4n) is 5.79. The molecule has 9 N–H and O–H groups in total. The Labute approximate surface area is 355 Å². The van der Waals surface area contributed by atoms with Crippen molar-refractivity contribution in [2.24, 2.45) is 0 Å². The third-order valence-electron chi connectivity index (χ3n) is 8.78. The maximum Gasteiger partial charge on any atom is 0.294 e. The number of phenols is 6. The van der Waals surface area contributed by atoms with Crippen LogP contribution in [0.5, 0.6) is 34.5 Å². The van der Waals surface area contributed by atoms with E-state index in [2.05, 4.69) is 0 Å². The Morgan fingerprint density at radius 1 is 0.397 bits per heavy atom. The Morgan fingerprint density at radius 3 is 0.778 bits per heavy atom. The average molecular weight is 940 g/mol. The SMILES string of the molecule is CC(=O)N(Cc1cc(CN(C(C)=O)C(=O)c2cc(S(=O)(=O)O)cc(O)c2O)cc(CN(C(C)=O)C(=O)c2cc(S(=O)(=O)O)cc(O)c2O)c1)C(=O)c1cc(S(=O)(=O)O)cc(O)c1O. The Morgan fingerprint density at radius 2 is 0.603 bits per heavy atom. The lowest BCUT2D eigenvalue weighted by Crippen LogP contribution is -2.36. The number of rotatable bonds is 12. The molecule has 0 fully saturated rings. The number of hydrogen-bond acceptors (Lipinski definition) is 18. The fourth-order valence-corrected chi connectivity index (χ4v) is 7.37. The molecule has 0 heterocycles. The zero-order valence-corrected chi connectivity index (χ0v) is 34.8. The van der Waals surface area contributed by atoms with Crippen molar-refractivity contribution in [3.05, 3.63) is 88.0 Å². The van der Waals surface area contributed by atoms with Gasteiger partial charge in [0.2, 0.25) is 17.7 Å². The van der Waals surface area contributed by atoms with E-state index >= 15 is 0 Å². The van der Waals surface area contributed by atoms with Gasteiger partial charge in [-0.15, -0.1) is 0 Å². The van der Waals surface area contributed by atoms with Crippen LogP contribution >= 0.6 is 0 Å². The molecule has 0 spiro atoms. The van der Waals surface area contributed by atoms with Crippen molar-refractivity contribution < 1.29 is 98.3 Å². The van der Waals surface area contributed by atoms with Crippen LogP contribution in [0.4, 0.5) is 0 Å². The highest BCUT2D eigenvalue weighted by Crippen LogP contribution is 2.36. The largest absolute Gasteiger partial charge is 0.504 e. The lowest BCUT2D eigenvalue weighted by molar-refractivity contribution is -0.127. The number of amides is 6. The van der Waals surface area contributed by atoms with Gasteiger partial charge in [0.05, 0.1) is 51.0 Å². The Bertz CT molecular complexity index is 2660. The summed E-state index contributed by atoms with van der Waals surface area (Å²) in [5.74, 6) is -15.2. The quantitative estimate of drug-likeness (QED) is 0.0712. The molecule has 4 aromatic carbocycles. The zero-order valence-electron chi connectivity index (χ0n) is 32.3. The van der Waals surface area contributed by atoms with Crippen molar-refractivity contribution in [2.45, 2.75) is 55.1 Å². The monoisotopic (exact) mass is 939 g/mol. The molecule has 0 unspecified atom stereocenters. The predicted molar refractivity (Wildman–Crippen MR) is 207 cm³/mol. The molecule has 24 nitrogen and oxygen atoms in total. The van der Waals surface area contributed by atoms with Crippen LogP contribution in [0.15, 0.2) is 69.3 Å². The lowest BCUT2D eigenvalue weighted by Gasteiger charge is -2.25. The Kier molecular flexibility index (Phi) is 13.6. The summed E-state index contributed by atoms with van der Waals surface area (Å²) in [6, 6.07) is 5.75. The van der Waals surface area contributed by atoms with Crippen molar-refractivity contribution in [3.8, 4) is 34.5 Å². The highest BCUT2D eigenvalue weighted by atomic mass is 32.2. The van der Waals surface area contributed by atoms with Crippen LogP contribution in [-0.2, 0) is 64.4 Å². The maximum absolute atomic E-state index is 13.7. The van der Waals surface area contributed by atoms with E-state index in [-0.39, 0.29) is 16.7 Å². The van der Waals surface area contributed by atoms with Crippen LogP contribution in [0, 0.1) is 0 Å². The van der Waals surface area contributed by atoms with Crippen molar-refractivity contribution >= 4 is 65.8 Å². The molecule has 4 aromatic rings. The van der Waals surface area contributed by atoms with E-state index in [0.717, 1.165) is 39.0 Å². The second kappa shape index (κ2) is 17.7. The van der Waals surface area contributed by atoms with Crippen molar-refractivity contribution in [1.82, 2.24) is 14.7 Å². The third-order valence-corrected chi connectivity index (χ3v) is 11.3. The van der Waals surface area contributed by atoms with Gasteiger partial charge in [0, 0.05) is 39.0 Å². The minimum Gasteiger partial charge on any atom is -0.504 e. The Hall–Kier alpha value is -7.17. The van der Waals surface area contributed by atoms with Gasteiger partial charge in [0.1, 0.15) is 0 Å². The summed E-state index contributed by atoms with van der Waals surface area (Å²) < 4.78 is 99.5.